The van der Waals surface area contributed by atoms with Crippen LogP contribution in [0.1, 0.15) is 46.6 Å². The Morgan fingerprint density at radius 2 is 2.14 bits per heavy atom. The average Bonchev–Trinajstić information content (AvgIpc) is 2.37. The summed E-state index contributed by atoms with van der Waals surface area (Å²) in [5.74, 6) is 0. The Kier molecular flexibility index (Phi) is 5.11. The van der Waals surface area contributed by atoms with Gasteiger partial charge in [0.1, 0.15) is 0 Å². The molecule has 1 N–H and O–H groups in total. The molecule has 2 heterocycles. The SMILES string of the molecule is CCC1(C)CN(Cc2cncc(Br)c2)C(C(C)(C)C)CN1. The molecule has 1 aliphatic rings. The second-order valence-electron chi connectivity index (χ2n) is 7.59. The first-order chi connectivity index (χ1) is 9.73. The van der Waals surface area contributed by atoms with Gasteiger partial charge >= 0.3 is 0 Å². The molecule has 4 heteroatoms. The lowest BCUT2D eigenvalue weighted by Crippen LogP contribution is -2.65. The highest BCUT2D eigenvalue weighted by Gasteiger charge is 2.39. The van der Waals surface area contributed by atoms with Crippen molar-refractivity contribution in [1.29, 1.82) is 0 Å². The van der Waals surface area contributed by atoms with Crippen LogP contribution in [0.2, 0.25) is 0 Å². The topological polar surface area (TPSA) is 28.2 Å². The van der Waals surface area contributed by atoms with E-state index >= 15 is 0 Å². The van der Waals surface area contributed by atoms with Gasteiger partial charge in [-0.15, -0.1) is 0 Å². The van der Waals surface area contributed by atoms with E-state index in [0.29, 0.717) is 6.04 Å². The number of nitrogens with one attached hydrogen (secondary N) is 1. The third-order valence-corrected chi connectivity index (χ3v) is 5.08. The molecule has 1 fully saturated rings. The summed E-state index contributed by atoms with van der Waals surface area (Å²) in [5.41, 5.74) is 1.75. The summed E-state index contributed by atoms with van der Waals surface area (Å²) >= 11 is 3.52. The molecule has 0 aromatic carbocycles. The molecule has 2 atom stereocenters. The molecule has 0 saturated carbocycles. The largest absolute Gasteiger partial charge is 0.309 e. The molecule has 0 aliphatic carbocycles. The quantitative estimate of drug-likeness (QED) is 0.894. The van der Waals surface area contributed by atoms with Gasteiger partial charge in [0.15, 0.2) is 0 Å². The Morgan fingerprint density at radius 3 is 2.71 bits per heavy atom. The van der Waals surface area contributed by atoms with E-state index in [1.165, 1.54) is 5.56 Å². The van der Waals surface area contributed by atoms with Crippen molar-refractivity contribution in [2.45, 2.75) is 59.2 Å². The van der Waals surface area contributed by atoms with Crippen LogP contribution in [0.5, 0.6) is 0 Å². The number of hydrogen-bond donors (Lipinski definition) is 1. The van der Waals surface area contributed by atoms with Crippen molar-refractivity contribution < 1.29 is 0 Å². The zero-order valence-corrected chi connectivity index (χ0v) is 15.5. The fourth-order valence-electron chi connectivity index (χ4n) is 3.12. The highest BCUT2D eigenvalue weighted by Crippen LogP contribution is 2.31. The van der Waals surface area contributed by atoms with Crippen LogP contribution in [0.4, 0.5) is 0 Å². The minimum absolute atomic E-state index is 0.210. The number of rotatable bonds is 3. The monoisotopic (exact) mass is 353 g/mol. The first-order valence-corrected chi connectivity index (χ1v) is 8.61. The fraction of sp³-hybridized carbons (Fsp3) is 0.706. The van der Waals surface area contributed by atoms with Crippen LogP contribution in [0.3, 0.4) is 0 Å². The molecule has 3 nitrogen and oxygen atoms in total. The van der Waals surface area contributed by atoms with Crippen LogP contribution >= 0.6 is 15.9 Å². The van der Waals surface area contributed by atoms with E-state index in [1.54, 1.807) is 0 Å². The number of aromatic nitrogens is 1. The maximum absolute atomic E-state index is 4.30. The van der Waals surface area contributed by atoms with Crippen LogP contribution < -0.4 is 5.32 Å². The van der Waals surface area contributed by atoms with E-state index in [1.807, 2.05) is 12.4 Å². The highest BCUT2D eigenvalue weighted by molar-refractivity contribution is 9.10. The Balaban J connectivity index is 2.21. The maximum Gasteiger partial charge on any atom is 0.0410 e. The van der Waals surface area contributed by atoms with E-state index in [9.17, 15) is 0 Å². The van der Waals surface area contributed by atoms with Crippen molar-refractivity contribution in [3.63, 3.8) is 0 Å². The molecule has 118 valence electrons. The van der Waals surface area contributed by atoms with Crippen molar-refractivity contribution in [3.8, 4) is 0 Å². The van der Waals surface area contributed by atoms with E-state index < -0.39 is 0 Å². The zero-order valence-electron chi connectivity index (χ0n) is 13.9. The minimum atomic E-state index is 0.210. The van der Waals surface area contributed by atoms with Gasteiger partial charge in [-0.2, -0.15) is 0 Å². The second kappa shape index (κ2) is 6.35. The molecule has 2 rings (SSSR count). The molecule has 2 unspecified atom stereocenters. The standard InChI is InChI=1S/C17H28BrN3/c1-6-17(5)12-21(15(10-20-17)16(2,3)4)11-13-7-14(18)9-19-8-13/h7-9,15,20H,6,10-12H2,1-5H3. The van der Waals surface area contributed by atoms with Gasteiger partial charge in [0.05, 0.1) is 0 Å². The average molecular weight is 354 g/mol. The number of pyridine rings is 1. The smallest absolute Gasteiger partial charge is 0.0410 e. The fourth-order valence-corrected chi connectivity index (χ4v) is 3.53. The Labute approximate surface area is 137 Å². The number of piperazine rings is 1. The van der Waals surface area contributed by atoms with E-state index in [4.69, 9.17) is 0 Å². The van der Waals surface area contributed by atoms with Gasteiger partial charge < -0.3 is 5.32 Å². The first-order valence-electron chi connectivity index (χ1n) is 7.82. The van der Waals surface area contributed by atoms with Gasteiger partial charge in [-0.3, -0.25) is 9.88 Å². The molecule has 1 aromatic heterocycles. The van der Waals surface area contributed by atoms with E-state index in [-0.39, 0.29) is 11.0 Å². The van der Waals surface area contributed by atoms with Gasteiger partial charge in [-0.1, -0.05) is 27.7 Å². The predicted molar refractivity (Wildman–Crippen MR) is 92.3 cm³/mol. The lowest BCUT2D eigenvalue weighted by molar-refractivity contribution is 0.0204. The van der Waals surface area contributed by atoms with E-state index in [0.717, 1.165) is 30.5 Å². The summed E-state index contributed by atoms with van der Waals surface area (Å²) in [5, 5.41) is 3.76. The summed E-state index contributed by atoms with van der Waals surface area (Å²) in [7, 11) is 0. The maximum atomic E-state index is 4.30. The van der Waals surface area contributed by atoms with Gasteiger partial charge in [-0.05, 0) is 46.3 Å². The van der Waals surface area contributed by atoms with Crippen LogP contribution in [-0.2, 0) is 6.54 Å². The van der Waals surface area contributed by atoms with Crippen molar-refractivity contribution >= 4 is 15.9 Å². The summed E-state index contributed by atoms with van der Waals surface area (Å²) < 4.78 is 1.06. The second-order valence-corrected chi connectivity index (χ2v) is 8.51. The van der Waals surface area contributed by atoms with Crippen molar-refractivity contribution in [3.05, 3.63) is 28.5 Å². The summed E-state index contributed by atoms with van der Waals surface area (Å²) in [6.45, 7) is 14.7. The van der Waals surface area contributed by atoms with Gasteiger partial charge in [0, 0.05) is 48.1 Å². The Morgan fingerprint density at radius 1 is 1.43 bits per heavy atom. The van der Waals surface area contributed by atoms with Crippen molar-refractivity contribution in [1.82, 2.24) is 15.2 Å². The van der Waals surface area contributed by atoms with Crippen LogP contribution in [0, 0.1) is 5.41 Å². The Hall–Kier alpha value is -0.450. The number of halogens is 1. The molecule has 1 aromatic rings. The van der Waals surface area contributed by atoms with Crippen molar-refractivity contribution in [2.24, 2.45) is 5.41 Å². The van der Waals surface area contributed by atoms with Crippen LogP contribution in [-0.4, -0.2) is 34.6 Å². The number of nitrogens with zero attached hydrogens (tertiary/aromatic N) is 2. The van der Waals surface area contributed by atoms with Gasteiger partial charge in [0.2, 0.25) is 0 Å². The predicted octanol–water partition coefficient (Wildman–Crippen LogP) is 3.83. The zero-order chi connectivity index (χ0) is 15.7. The number of hydrogen-bond acceptors (Lipinski definition) is 3. The molecule has 1 aliphatic heterocycles. The summed E-state index contributed by atoms with van der Waals surface area (Å²) in [6, 6.07) is 2.72. The molecule has 21 heavy (non-hydrogen) atoms. The minimum Gasteiger partial charge on any atom is -0.309 e. The molecule has 0 bridgehead atoms. The summed E-state index contributed by atoms with van der Waals surface area (Å²) in [6.07, 6.45) is 4.98. The first kappa shape index (κ1) is 16.9. The summed E-state index contributed by atoms with van der Waals surface area (Å²) in [4.78, 5) is 6.93. The van der Waals surface area contributed by atoms with Crippen molar-refractivity contribution in [2.75, 3.05) is 13.1 Å². The third kappa shape index (κ3) is 4.27. The molecule has 0 spiro atoms. The van der Waals surface area contributed by atoms with E-state index in [2.05, 4.69) is 71.8 Å². The molecule has 1 saturated heterocycles. The lowest BCUT2D eigenvalue weighted by Gasteiger charge is -2.50. The Bertz CT molecular complexity index is 483. The molecule has 0 amide bonds. The highest BCUT2D eigenvalue weighted by atomic mass is 79.9. The normalized spacial score (nSPS) is 27.8. The van der Waals surface area contributed by atoms with Gasteiger partial charge in [0.25, 0.3) is 0 Å². The van der Waals surface area contributed by atoms with Crippen LogP contribution in [0.15, 0.2) is 22.9 Å². The molecule has 0 radical (unpaired) electrons. The lowest BCUT2D eigenvalue weighted by atomic mass is 9.81. The van der Waals surface area contributed by atoms with Crippen LogP contribution in [0.25, 0.3) is 0 Å². The third-order valence-electron chi connectivity index (χ3n) is 4.64. The molecular formula is C17H28BrN3. The molecular weight excluding hydrogens is 326 g/mol. The van der Waals surface area contributed by atoms with Gasteiger partial charge in [-0.25, -0.2) is 0 Å².